The molecule has 0 aliphatic carbocycles. The monoisotopic (exact) mass is 191 g/mol. The molecule has 0 saturated carbocycles. The van der Waals surface area contributed by atoms with Crippen molar-refractivity contribution in [1.82, 2.24) is 0 Å². The van der Waals surface area contributed by atoms with Gasteiger partial charge in [-0.3, -0.25) is 0 Å². The van der Waals surface area contributed by atoms with Crippen LogP contribution < -0.4 is 5.73 Å². The summed E-state index contributed by atoms with van der Waals surface area (Å²) >= 11 is 0. The normalized spacial score (nSPS) is 26.7. The molecule has 2 unspecified atom stereocenters. The van der Waals surface area contributed by atoms with Gasteiger partial charge < -0.3 is 10.5 Å². The molecule has 1 aromatic rings. The summed E-state index contributed by atoms with van der Waals surface area (Å²) < 4.78 is 5.47. The van der Waals surface area contributed by atoms with Crippen LogP contribution in [-0.2, 0) is 4.74 Å². The van der Waals surface area contributed by atoms with Gasteiger partial charge in [-0.1, -0.05) is 29.8 Å². The fourth-order valence-corrected chi connectivity index (χ4v) is 2.10. The minimum atomic E-state index is 0.497. The van der Waals surface area contributed by atoms with Crippen LogP contribution in [0.5, 0.6) is 0 Å². The third kappa shape index (κ3) is 1.81. The molecular weight excluding hydrogens is 174 g/mol. The van der Waals surface area contributed by atoms with Crippen LogP contribution in [0.4, 0.5) is 0 Å². The van der Waals surface area contributed by atoms with E-state index in [2.05, 4.69) is 31.2 Å². The van der Waals surface area contributed by atoms with E-state index in [1.54, 1.807) is 0 Å². The van der Waals surface area contributed by atoms with E-state index in [-0.39, 0.29) is 0 Å². The summed E-state index contributed by atoms with van der Waals surface area (Å²) in [5.74, 6) is 0.997. The molecule has 1 fully saturated rings. The first-order valence-electron chi connectivity index (χ1n) is 5.15. The summed E-state index contributed by atoms with van der Waals surface area (Å²) in [4.78, 5) is 0. The van der Waals surface area contributed by atoms with Crippen LogP contribution in [0.25, 0.3) is 0 Å². The topological polar surface area (TPSA) is 35.2 Å². The van der Waals surface area contributed by atoms with E-state index in [0.29, 0.717) is 11.8 Å². The summed E-state index contributed by atoms with van der Waals surface area (Å²) in [7, 11) is 0. The highest BCUT2D eigenvalue weighted by atomic mass is 16.5. The van der Waals surface area contributed by atoms with E-state index in [1.165, 1.54) is 11.1 Å². The Balaban J connectivity index is 2.21. The smallest absolute Gasteiger partial charge is 0.0538 e. The molecule has 2 atom stereocenters. The van der Waals surface area contributed by atoms with E-state index < -0.39 is 0 Å². The van der Waals surface area contributed by atoms with Crippen molar-refractivity contribution in [3.8, 4) is 0 Å². The Labute approximate surface area is 85.1 Å². The number of rotatable bonds is 2. The number of benzene rings is 1. The first-order valence-corrected chi connectivity index (χ1v) is 5.15. The second-order valence-electron chi connectivity index (χ2n) is 4.05. The molecule has 0 spiro atoms. The first-order chi connectivity index (χ1) is 6.81. The Morgan fingerprint density at radius 3 is 3.00 bits per heavy atom. The lowest BCUT2D eigenvalue weighted by Crippen LogP contribution is -2.20. The molecule has 2 rings (SSSR count). The maximum atomic E-state index is 5.72. The van der Waals surface area contributed by atoms with Crippen LogP contribution >= 0.6 is 0 Å². The van der Waals surface area contributed by atoms with Crippen LogP contribution in [0, 0.1) is 12.8 Å². The predicted molar refractivity (Wildman–Crippen MR) is 57.3 cm³/mol. The Hall–Kier alpha value is -0.860. The van der Waals surface area contributed by atoms with Gasteiger partial charge in [-0.2, -0.15) is 0 Å². The third-order valence-corrected chi connectivity index (χ3v) is 2.97. The van der Waals surface area contributed by atoms with Crippen LogP contribution in [0.3, 0.4) is 0 Å². The van der Waals surface area contributed by atoms with E-state index in [0.717, 1.165) is 19.8 Å². The molecule has 0 aromatic heterocycles. The minimum absolute atomic E-state index is 0.497. The lowest BCUT2D eigenvalue weighted by molar-refractivity contribution is 0.185. The summed E-state index contributed by atoms with van der Waals surface area (Å²) in [6.45, 7) is 4.48. The van der Waals surface area contributed by atoms with Gasteiger partial charge in [0, 0.05) is 11.8 Å². The number of nitrogens with two attached hydrogens (primary N) is 1. The maximum absolute atomic E-state index is 5.72. The van der Waals surface area contributed by atoms with Gasteiger partial charge in [0.05, 0.1) is 13.2 Å². The first kappa shape index (κ1) is 9.69. The number of aryl methyl sites for hydroxylation is 1. The molecule has 1 aromatic carbocycles. The zero-order chi connectivity index (χ0) is 9.97. The molecular formula is C12H17NO. The van der Waals surface area contributed by atoms with Crippen LogP contribution in [-0.4, -0.2) is 19.8 Å². The molecule has 2 N–H and O–H groups in total. The second-order valence-corrected chi connectivity index (χ2v) is 4.05. The average molecular weight is 191 g/mol. The zero-order valence-electron chi connectivity index (χ0n) is 8.57. The molecule has 0 bridgehead atoms. The van der Waals surface area contributed by atoms with Gasteiger partial charge in [-0.25, -0.2) is 0 Å². The molecule has 14 heavy (non-hydrogen) atoms. The van der Waals surface area contributed by atoms with Gasteiger partial charge in [-0.15, -0.1) is 0 Å². The van der Waals surface area contributed by atoms with Crippen molar-refractivity contribution in [3.05, 3.63) is 35.4 Å². The second kappa shape index (κ2) is 4.11. The Bertz CT molecular complexity index is 311. The fourth-order valence-electron chi connectivity index (χ4n) is 2.10. The Morgan fingerprint density at radius 1 is 1.43 bits per heavy atom. The molecule has 76 valence electrons. The highest BCUT2D eigenvalue weighted by Gasteiger charge is 2.28. The quantitative estimate of drug-likeness (QED) is 0.772. The number of hydrogen-bond donors (Lipinski definition) is 1. The lowest BCUT2D eigenvalue weighted by atomic mass is 9.88. The fraction of sp³-hybridized carbons (Fsp3) is 0.500. The van der Waals surface area contributed by atoms with Gasteiger partial charge >= 0.3 is 0 Å². The average Bonchev–Trinajstić information content (AvgIpc) is 2.65. The molecule has 0 radical (unpaired) electrons. The minimum Gasteiger partial charge on any atom is -0.380 e. The molecule has 1 saturated heterocycles. The van der Waals surface area contributed by atoms with Crippen molar-refractivity contribution < 1.29 is 4.74 Å². The van der Waals surface area contributed by atoms with Crippen molar-refractivity contribution in [1.29, 1.82) is 0 Å². The van der Waals surface area contributed by atoms with Gasteiger partial charge in [0.1, 0.15) is 0 Å². The van der Waals surface area contributed by atoms with Crippen LogP contribution in [0.1, 0.15) is 17.0 Å². The number of ether oxygens (including phenoxy) is 1. The molecule has 1 heterocycles. The third-order valence-electron chi connectivity index (χ3n) is 2.97. The molecule has 0 amide bonds. The van der Waals surface area contributed by atoms with Gasteiger partial charge in [0.2, 0.25) is 0 Å². The van der Waals surface area contributed by atoms with Crippen molar-refractivity contribution in [2.75, 3.05) is 19.8 Å². The Kier molecular flexibility index (Phi) is 2.85. The molecule has 2 heteroatoms. The predicted octanol–water partition coefficient (Wildman–Crippen LogP) is 1.68. The summed E-state index contributed by atoms with van der Waals surface area (Å²) in [5, 5.41) is 0. The SMILES string of the molecule is Cc1cccc(C2COCC2CN)c1. The Morgan fingerprint density at radius 2 is 2.29 bits per heavy atom. The van der Waals surface area contributed by atoms with E-state index in [4.69, 9.17) is 10.5 Å². The number of hydrogen-bond acceptors (Lipinski definition) is 2. The maximum Gasteiger partial charge on any atom is 0.0538 e. The largest absolute Gasteiger partial charge is 0.380 e. The van der Waals surface area contributed by atoms with E-state index >= 15 is 0 Å². The molecule has 2 nitrogen and oxygen atoms in total. The van der Waals surface area contributed by atoms with E-state index in [9.17, 15) is 0 Å². The van der Waals surface area contributed by atoms with Crippen molar-refractivity contribution in [2.45, 2.75) is 12.8 Å². The summed E-state index contributed by atoms with van der Waals surface area (Å²) in [6.07, 6.45) is 0. The zero-order valence-corrected chi connectivity index (χ0v) is 8.57. The van der Waals surface area contributed by atoms with Crippen LogP contribution in [0.2, 0.25) is 0 Å². The van der Waals surface area contributed by atoms with Gasteiger partial charge in [0.25, 0.3) is 0 Å². The summed E-state index contributed by atoms with van der Waals surface area (Å²) in [6, 6.07) is 8.64. The van der Waals surface area contributed by atoms with Crippen molar-refractivity contribution in [2.24, 2.45) is 11.7 Å². The summed E-state index contributed by atoms with van der Waals surface area (Å²) in [5.41, 5.74) is 8.40. The molecule has 1 aliphatic rings. The van der Waals surface area contributed by atoms with Crippen molar-refractivity contribution >= 4 is 0 Å². The highest BCUT2D eigenvalue weighted by molar-refractivity contribution is 5.26. The van der Waals surface area contributed by atoms with Crippen LogP contribution in [0.15, 0.2) is 24.3 Å². The standard InChI is InChI=1S/C12H17NO/c1-9-3-2-4-10(5-9)12-8-14-7-11(12)6-13/h2-5,11-12H,6-8,13H2,1H3. The molecule has 1 aliphatic heterocycles. The highest BCUT2D eigenvalue weighted by Crippen LogP contribution is 2.30. The van der Waals surface area contributed by atoms with Crippen molar-refractivity contribution in [3.63, 3.8) is 0 Å². The lowest BCUT2D eigenvalue weighted by Gasteiger charge is -2.16. The van der Waals surface area contributed by atoms with Gasteiger partial charge in [-0.05, 0) is 19.0 Å². The van der Waals surface area contributed by atoms with Gasteiger partial charge in [0.15, 0.2) is 0 Å². The van der Waals surface area contributed by atoms with E-state index in [1.807, 2.05) is 0 Å².